The molecule has 1 aromatic heterocycles. The summed E-state index contributed by atoms with van der Waals surface area (Å²) in [5.74, 6) is 1.54. The standard InChI is InChI=1S/C21H25FN6O/c1-14-10-15(2)12-18(11-14)29-9-8-28(3)13-19-25-20(23)27-21(26-19)24-17-6-4-16(22)5-7-17/h4-7,10-12H,8-9,13H2,1-3H3,(H3,23,24,25,26,27). The molecule has 3 N–H and O–H groups in total. The van der Waals surface area contributed by atoms with E-state index >= 15 is 0 Å². The Labute approximate surface area is 169 Å². The van der Waals surface area contributed by atoms with Gasteiger partial charge in [0.15, 0.2) is 0 Å². The first-order chi connectivity index (χ1) is 13.9. The highest BCUT2D eigenvalue weighted by molar-refractivity contribution is 5.53. The van der Waals surface area contributed by atoms with Crippen molar-refractivity contribution in [2.24, 2.45) is 0 Å². The maximum absolute atomic E-state index is 13.0. The average molecular weight is 396 g/mol. The van der Waals surface area contributed by atoms with Crippen molar-refractivity contribution in [3.8, 4) is 5.75 Å². The molecule has 1 heterocycles. The molecule has 0 aliphatic heterocycles. The number of nitrogens with zero attached hydrogens (tertiary/aromatic N) is 4. The van der Waals surface area contributed by atoms with E-state index in [0.29, 0.717) is 37.2 Å². The molecule has 0 fully saturated rings. The second kappa shape index (κ2) is 9.29. The molecule has 29 heavy (non-hydrogen) atoms. The van der Waals surface area contributed by atoms with Crippen LogP contribution in [-0.4, -0.2) is 40.1 Å². The number of benzene rings is 2. The van der Waals surface area contributed by atoms with Crippen LogP contribution in [0, 0.1) is 19.7 Å². The van der Waals surface area contributed by atoms with E-state index < -0.39 is 0 Å². The Kier molecular flexibility index (Phi) is 6.56. The lowest BCUT2D eigenvalue weighted by Gasteiger charge is -2.17. The summed E-state index contributed by atoms with van der Waals surface area (Å²) in [7, 11) is 1.96. The quantitative estimate of drug-likeness (QED) is 0.603. The van der Waals surface area contributed by atoms with E-state index in [9.17, 15) is 4.39 Å². The van der Waals surface area contributed by atoms with Crippen LogP contribution in [0.3, 0.4) is 0 Å². The fourth-order valence-corrected chi connectivity index (χ4v) is 2.88. The molecule has 0 saturated carbocycles. The van der Waals surface area contributed by atoms with E-state index in [1.807, 2.05) is 24.1 Å². The number of aromatic nitrogens is 3. The van der Waals surface area contributed by atoms with Gasteiger partial charge in [-0.3, -0.25) is 4.90 Å². The monoisotopic (exact) mass is 396 g/mol. The first kappa shape index (κ1) is 20.5. The van der Waals surface area contributed by atoms with Gasteiger partial charge in [0.05, 0.1) is 6.54 Å². The van der Waals surface area contributed by atoms with Crippen molar-refractivity contribution in [1.82, 2.24) is 19.9 Å². The summed E-state index contributed by atoms with van der Waals surface area (Å²) in [6.07, 6.45) is 0. The Morgan fingerprint density at radius 1 is 1.03 bits per heavy atom. The highest BCUT2D eigenvalue weighted by Gasteiger charge is 2.09. The third-order valence-electron chi connectivity index (χ3n) is 4.15. The molecule has 0 spiro atoms. The molecule has 7 nitrogen and oxygen atoms in total. The topological polar surface area (TPSA) is 89.2 Å². The molecule has 0 radical (unpaired) electrons. The van der Waals surface area contributed by atoms with Crippen molar-refractivity contribution in [2.45, 2.75) is 20.4 Å². The van der Waals surface area contributed by atoms with Crippen molar-refractivity contribution >= 4 is 17.6 Å². The Morgan fingerprint density at radius 3 is 2.41 bits per heavy atom. The van der Waals surface area contributed by atoms with Crippen molar-refractivity contribution in [3.05, 3.63) is 65.2 Å². The SMILES string of the molecule is Cc1cc(C)cc(OCCN(C)Cc2nc(N)nc(Nc3ccc(F)cc3)n2)c1. The smallest absolute Gasteiger partial charge is 0.232 e. The minimum Gasteiger partial charge on any atom is -0.492 e. The molecule has 0 aliphatic carbocycles. The van der Waals surface area contributed by atoms with Gasteiger partial charge in [-0.25, -0.2) is 4.39 Å². The maximum Gasteiger partial charge on any atom is 0.232 e. The molecule has 2 aromatic carbocycles. The second-order valence-corrected chi connectivity index (χ2v) is 6.97. The molecule has 0 saturated heterocycles. The molecule has 3 aromatic rings. The predicted molar refractivity (Wildman–Crippen MR) is 112 cm³/mol. The van der Waals surface area contributed by atoms with Gasteiger partial charge in [0, 0.05) is 12.2 Å². The number of nitrogens with one attached hydrogen (secondary N) is 1. The fourth-order valence-electron chi connectivity index (χ4n) is 2.88. The van der Waals surface area contributed by atoms with Crippen LogP contribution in [0.4, 0.5) is 22.0 Å². The molecule has 0 aliphatic rings. The summed E-state index contributed by atoms with van der Waals surface area (Å²) in [4.78, 5) is 14.7. The van der Waals surface area contributed by atoms with E-state index in [1.54, 1.807) is 12.1 Å². The zero-order valence-corrected chi connectivity index (χ0v) is 16.8. The first-order valence-electron chi connectivity index (χ1n) is 9.30. The zero-order chi connectivity index (χ0) is 20.8. The molecular weight excluding hydrogens is 371 g/mol. The Hall–Kier alpha value is -3.26. The average Bonchev–Trinajstić information content (AvgIpc) is 2.62. The number of halogens is 1. The molecule has 0 bridgehead atoms. The second-order valence-electron chi connectivity index (χ2n) is 6.97. The summed E-state index contributed by atoms with van der Waals surface area (Å²) in [5.41, 5.74) is 8.83. The van der Waals surface area contributed by atoms with Crippen LogP contribution in [0.5, 0.6) is 5.75 Å². The number of hydrogen-bond acceptors (Lipinski definition) is 7. The summed E-state index contributed by atoms with van der Waals surface area (Å²) in [5, 5.41) is 3.01. The van der Waals surface area contributed by atoms with Gasteiger partial charge >= 0.3 is 0 Å². The Balaban J connectivity index is 1.56. The van der Waals surface area contributed by atoms with Crippen molar-refractivity contribution in [1.29, 1.82) is 0 Å². The molecule has 3 rings (SSSR count). The number of ether oxygens (including phenoxy) is 1. The first-order valence-corrected chi connectivity index (χ1v) is 9.30. The van der Waals surface area contributed by atoms with Gasteiger partial charge in [0.25, 0.3) is 0 Å². The number of rotatable bonds is 8. The lowest BCUT2D eigenvalue weighted by atomic mass is 10.1. The molecule has 0 atom stereocenters. The molecule has 152 valence electrons. The Morgan fingerprint density at radius 2 is 1.72 bits per heavy atom. The number of nitrogen functional groups attached to an aromatic ring is 1. The minimum absolute atomic E-state index is 0.125. The number of hydrogen-bond donors (Lipinski definition) is 2. The molecule has 0 amide bonds. The van der Waals surface area contributed by atoms with Crippen molar-refractivity contribution in [2.75, 3.05) is 31.2 Å². The van der Waals surface area contributed by atoms with Crippen LogP contribution in [0.2, 0.25) is 0 Å². The van der Waals surface area contributed by atoms with Crippen LogP contribution in [0.1, 0.15) is 17.0 Å². The lowest BCUT2D eigenvalue weighted by Crippen LogP contribution is -2.25. The van der Waals surface area contributed by atoms with E-state index in [2.05, 4.69) is 40.2 Å². The van der Waals surface area contributed by atoms with Crippen molar-refractivity contribution < 1.29 is 9.13 Å². The van der Waals surface area contributed by atoms with Gasteiger partial charge in [0.2, 0.25) is 11.9 Å². The van der Waals surface area contributed by atoms with Crippen LogP contribution >= 0.6 is 0 Å². The summed E-state index contributed by atoms with van der Waals surface area (Å²) < 4.78 is 18.9. The van der Waals surface area contributed by atoms with E-state index in [-0.39, 0.29) is 11.8 Å². The number of nitrogens with two attached hydrogens (primary N) is 1. The minimum atomic E-state index is -0.309. The third-order valence-corrected chi connectivity index (χ3v) is 4.15. The third kappa shape index (κ3) is 6.39. The maximum atomic E-state index is 13.0. The summed E-state index contributed by atoms with van der Waals surface area (Å²) in [6.45, 7) is 5.82. The number of anilines is 3. The lowest BCUT2D eigenvalue weighted by molar-refractivity contribution is 0.229. The van der Waals surface area contributed by atoms with E-state index in [0.717, 1.165) is 5.75 Å². The van der Waals surface area contributed by atoms with Crippen LogP contribution in [0.25, 0.3) is 0 Å². The molecule has 0 unspecified atom stereocenters. The molecular formula is C21H25FN6O. The van der Waals surface area contributed by atoms with Gasteiger partial charge in [-0.2, -0.15) is 15.0 Å². The predicted octanol–water partition coefficient (Wildman–Crippen LogP) is 3.46. The van der Waals surface area contributed by atoms with E-state index in [1.165, 1.54) is 23.3 Å². The number of likely N-dealkylation sites (N-methyl/N-ethyl adjacent to an activating group) is 1. The van der Waals surface area contributed by atoms with Crippen molar-refractivity contribution in [3.63, 3.8) is 0 Å². The van der Waals surface area contributed by atoms with Gasteiger partial charge < -0.3 is 15.8 Å². The van der Waals surface area contributed by atoms with Gasteiger partial charge in [-0.15, -0.1) is 0 Å². The Bertz CT molecular complexity index is 944. The molecule has 8 heteroatoms. The highest BCUT2D eigenvalue weighted by Crippen LogP contribution is 2.17. The zero-order valence-electron chi connectivity index (χ0n) is 16.8. The van der Waals surface area contributed by atoms with Gasteiger partial charge in [0.1, 0.15) is 24.0 Å². The summed E-state index contributed by atoms with van der Waals surface area (Å²) >= 11 is 0. The summed E-state index contributed by atoms with van der Waals surface area (Å²) in [6, 6.07) is 12.1. The normalized spacial score (nSPS) is 10.9. The van der Waals surface area contributed by atoms with Crippen LogP contribution in [0.15, 0.2) is 42.5 Å². The van der Waals surface area contributed by atoms with Crippen LogP contribution < -0.4 is 15.8 Å². The largest absolute Gasteiger partial charge is 0.492 e. The number of aryl methyl sites for hydroxylation is 2. The van der Waals surface area contributed by atoms with Gasteiger partial charge in [-0.05, 0) is 68.4 Å². The van der Waals surface area contributed by atoms with Crippen LogP contribution in [-0.2, 0) is 6.54 Å². The fraction of sp³-hybridized carbons (Fsp3) is 0.286. The van der Waals surface area contributed by atoms with Gasteiger partial charge in [-0.1, -0.05) is 6.07 Å². The highest BCUT2D eigenvalue weighted by atomic mass is 19.1. The van der Waals surface area contributed by atoms with E-state index in [4.69, 9.17) is 10.5 Å².